The highest BCUT2D eigenvalue weighted by Crippen LogP contribution is 2.51. The Morgan fingerprint density at radius 3 is 1.90 bits per heavy atom. The Morgan fingerprint density at radius 1 is 0.900 bits per heavy atom. The Kier molecular flexibility index (Phi) is 5.90. The van der Waals surface area contributed by atoms with E-state index in [1.807, 2.05) is 19.9 Å². The minimum Gasteiger partial charge on any atom is -0.490 e. The van der Waals surface area contributed by atoms with Crippen LogP contribution in [0.3, 0.4) is 0 Å². The lowest BCUT2D eigenvalue weighted by atomic mass is 10.2. The highest BCUT2D eigenvalue weighted by molar-refractivity contribution is 14.1. The average Bonchev–Trinajstić information content (AvgIpc) is 3.04. The summed E-state index contributed by atoms with van der Waals surface area (Å²) < 4.78 is 43.7. The van der Waals surface area contributed by atoms with Crippen molar-refractivity contribution in [2.75, 3.05) is 6.61 Å². The Balaban J connectivity index is 1.94. The molecule has 0 bridgehead atoms. The molecule has 156 valence electrons. The Labute approximate surface area is 189 Å². The van der Waals surface area contributed by atoms with Crippen molar-refractivity contribution in [2.45, 2.75) is 27.1 Å². The largest absolute Gasteiger partial charge is 0.586 e. The summed E-state index contributed by atoms with van der Waals surface area (Å²) in [5, 5.41) is 3.12. The van der Waals surface area contributed by atoms with Crippen LogP contribution in [0.25, 0.3) is 0 Å². The minimum absolute atomic E-state index is 0.0354. The molecule has 4 rings (SSSR count). The molecule has 3 nitrogen and oxygen atoms in total. The molecule has 0 unspecified atom stereocenters. The van der Waals surface area contributed by atoms with Crippen LogP contribution >= 0.6 is 30.5 Å². The van der Waals surface area contributed by atoms with Crippen molar-refractivity contribution in [3.8, 4) is 17.2 Å². The molecule has 0 radical (unpaired) electrons. The molecule has 0 spiro atoms. The van der Waals surface area contributed by atoms with Crippen LogP contribution in [0, 0.1) is 17.4 Å². The predicted molar refractivity (Wildman–Crippen MR) is 125 cm³/mol. The fourth-order valence-electron chi connectivity index (χ4n) is 3.27. The summed E-state index contributed by atoms with van der Waals surface area (Å²) in [5.41, 5.74) is 2.32. The van der Waals surface area contributed by atoms with Gasteiger partial charge in [-0.05, 0) is 68.0 Å². The van der Waals surface area contributed by atoms with Crippen LogP contribution in [-0.2, 0) is 0 Å². The molecule has 0 saturated heterocycles. The lowest BCUT2D eigenvalue weighted by Gasteiger charge is -2.22. The molecule has 0 fully saturated rings. The smallest absolute Gasteiger partial charge is 0.490 e. The van der Waals surface area contributed by atoms with Crippen molar-refractivity contribution in [3.63, 3.8) is 0 Å². The number of aryl methyl sites for hydroxylation is 2. The van der Waals surface area contributed by atoms with Gasteiger partial charge in [0.25, 0.3) is 0 Å². The first-order valence-corrected chi connectivity index (χ1v) is 11.9. The second-order valence-electron chi connectivity index (χ2n) is 6.97. The minimum atomic E-state index is -3.71. The number of rotatable bonds is 5. The summed E-state index contributed by atoms with van der Waals surface area (Å²) in [6.45, 7) is 6.21. The van der Waals surface area contributed by atoms with E-state index >= 15 is 0 Å². The zero-order valence-electron chi connectivity index (χ0n) is 16.7. The van der Waals surface area contributed by atoms with Crippen LogP contribution in [-0.4, -0.2) is 12.9 Å². The SMILES string of the molecule is CCOc1cc(P(c2ccc(C)cc2)c2ccc(C)cc2)c(I)c2c1OC(F)(F)O2. The van der Waals surface area contributed by atoms with E-state index in [1.54, 1.807) is 6.92 Å². The summed E-state index contributed by atoms with van der Waals surface area (Å²) in [4.78, 5) is 0. The number of hydrogen-bond acceptors (Lipinski definition) is 3. The molecular formula is C23H20F2IO3P. The van der Waals surface area contributed by atoms with E-state index in [2.05, 4.69) is 71.1 Å². The van der Waals surface area contributed by atoms with Crippen molar-refractivity contribution in [3.05, 3.63) is 69.3 Å². The molecule has 0 atom stereocenters. The monoisotopic (exact) mass is 540 g/mol. The lowest BCUT2D eigenvalue weighted by Crippen LogP contribution is -2.26. The van der Waals surface area contributed by atoms with Crippen molar-refractivity contribution in [1.82, 2.24) is 0 Å². The van der Waals surface area contributed by atoms with Crippen molar-refractivity contribution >= 4 is 46.4 Å². The van der Waals surface area contributed by atoms with Crippen LogP contribution in [0.5, 0.6) is 17.2 Å². The number of hydrogen-bond donors (Lipinski definition) is 0. The molecule has 1 aliphatic rings. The average molecular weight is 540 g/mol. The Morgan fingerprint density at radius 2 is 1.40 bits per heavy atom. The number of benzene rings is 3. The van der Waals surface area contributed by atoms with Crippen molar-refractivity contribution in [2.24, 2.45) is 0 Å². The van der Waals surface area contributed by atoms with Crippen LogP contribution in [0.4, 0.5) is 8.78 Å². The highest BCUT2D eigenvalue weighted by Gasteiger charge is 2.47. The van der Waals surface area contributed by atoms with E-state index in [0.717, 1.165) is 27.0 Å². The van der Waals surface area contributed by atoms with Crippen LogP contribution in [0.1, 0.15) is 18.1 Å². The predicted octanol–water partition coefficient (Wildman–Crippen LogP) is 5.39. The second kappa shape index (κ2) is 8.31. The summed E-state index contributed by atoms with van der Waals surface area (Å²) in [6.07, 6.45) is -3.71. The molecule has 0 aromatic heterocycles. The van der Waals surface area contributed by atoms with Gasteiger partial charge in [-0.3, -0.25) is 0 Å². The Bertz CT molecular complexity index is 1020. The van der Waals surface area contributed by atoms with Crippen molar-refractivity contribution < 1.29 is 23.0 Å². The molecule has 1 aliphatic heterocycles. The maximum absolute atomic E-state index is 13.9. The maximum Gasteiger partial charge on any atom is 0.586 e. The maximum atomic E-state index is 13.9. The van der Waals surface area contributed by atoms with Gasteiger partial charge in [-0.25, -0.2) is 0 Å². The van der Waals surface area contributed by atoms with E-state index in [0.29, 0.717) is 10.2 Å². The molecule has 0 amide bonds. The lowest BCUT2D eigenvalue weighted by molar-refractivity contribution is -0.287. The number of alkyl halides is 2. The van der Waals surface area contributed by atoms with E-state index in [9.17, 15) is 8.78 Å². The fraction of sp³-hybridized carbons (Fsp3) is 0.217. The summed E-state index contributed by atoms with van der Waals surface area (Å²) in [6, 6.07) is 18.5. The first-order valence-electron chi connectivity index (χ1n) is 9.47. The highest BCUT2D eigenvalue weighted by atomic mass is 127. The molecular weight excluding hydrogens is 520 g/mol. The van der Waals surface area contributed by atoms with Gasteiger partial charge in [-0.1, -0.05) is 59.7 Å². The van der Waals surface area contributed by atoms with Crippen molar-refractivity contribution in [1.29, 1.82) is 0 Å². The topological polar surface area (TPSA) is 27.7 Å². The third-order valence-corrected chi connectivity index (χ3v) is 8.65. The molecule has 7 heteroatoms. The van der Waals surface area contributed by atoms with Gasteiger partial charge in [0.2, 0.25) is 5.75 Å². The van der Waals surface area contributed by atoms with Gasteiger partial charge in [0.1, 0.15) is 0 Å². The normalized spacial score (nSPS) is 14.2. The number of ether oxygens (including phenoxy) is 3. The van der Waals surface area contributed by atoms with Gasteiger partial charge in [0.05, 0.1) is 10.2 Å². The molecule has 3 aromatic rings. The first-order chi connectivity index (χ1) is 14.3. The summed E-state index contributed by atoms with van der Waals surface area (Å²) >= 11 is 2.07. The fourth-order valence-corrected chi connectivity index (χ4v) is 6.80. The van der Waals surface area contributed by atoms with Gasteiger partial charge in [-0.2, -0.15) is 0 Å². The van der Waals surface area contributed by atoms with Gasteiger partial charge < -0.3 is 14.2 Å². The third-order valence-electron chi connectivity index (χ3n) is 4.69. The third kappa shape index (κ3) is 4.12. The van der Waals surface area contributed by atoms with E-state index < -0.39 is 14.2 Å². The second-order valence-corrected chi connectivity index (χ2v) is 10.2. The van der Waals surface area contributed by atoms with E-state index in [4.69, 9.17) is 14.2 Å². The zero-order chi connectivity index (χ0) is 21.5. The molecule has 0 N–H and O–H groups in total. The molecule has 0 aliphatic carbocycles. The molecule has 0 saturated carbocycles. The van der Waals surface area contributed by atoms with E-state index in [1.165, 1.54) is 0 Å². The van der Waals surface area contributed by atoms with Gasteiger partial charge in [0, 0.05) is 5.30 Å². The summed E-state index contributed by atoms with van der Waals surface area (Å²) in [7, 11) is -1.02. The van der Waals surface area contributed by atoms with Crippen LogP contribution in [0.2, 0.25) is 0 Å². The van der Waals surface area contributed by atoms with Crippen LogP contribution < -0.4 is 30.1 Å². The van der Waals surface area contributed by atoms with Gasteiger partial charge in [0.15, 0.2) is 11.5 Å². The molecule has 3 aromatic carbocycles. The Hall–Kier alpha value is -1.92. The molecule has 30 heavy (non-hydrogen) atoms. The van der Waals surface area contributed by atoms with E-state index in [-0.39, 0.29) is 17.2 Å². The van der Waals surface area contributed by atoms with Crippen LogP contribution in [0.15, 0.2) is 54.6 Å². The standard InChI is InChI=1S/C23H20F2IO3P/c1-4-27-18-13-19(20(26)22-21(18)28-23(24,25)29-22)30(16-9-5-14(2)6-10-16)17-11-7-15(3)8-12-17/h5-13H,4H2,1-3H3. The first kappa shape index (κ1) is 21.3. The summed E-state index contributed by atoms with van der Waals surface area (Å²) in [5.74, 6) is 0.262. The zero-order valence-corrected chi connectivity index (χ0v) is 19.8. The molecule has 1 heterocycles. The van der Waals surface area contributed by atoms with Gasteiger partial charge >= 0.3 is 6.29 Å². The van der Waals surface area contributed by atoms with Gasteiger partial charge in [-0.15, -0.1) is 8.78 Å². The number of fused-ring (bicyclic) bond motifs is 1. The quantitative estimate of drug-likeness (QED) is 0.321. The number of halogens is 3.